The van der Waals surface area contributed by atoms with Gasteiger partial charge in [0.1, 0.15) is 17.6 Å². The maximum Gasteiger partial charge on any atom is 0.408 e. The highest BCUT2D eigenvalue weighted by atomic mass is 19.4. The van der Waals surface area contributed by atoms with Crippen LogP contribution in [0.15, 0.2) is 42.6 Å². The number of halogens is 4. The number of benzene rings is 1. The van der Waals surface area contributed by atoms with Gasteiger partial charge >= 0.3 is 6.18 Å². The first kappa shape index (κ1) is 23.3. The maximum absolute atomic E-state index is 14.3. The first-order chi connectivity index (χ1) is 17.2. The van der Waals surface area contributed by atoms with Crippen molar-refractivity contribution in [2.24, 2.45) is 0 Å². The van der Waals surface area contributed by atoms with E-state index in [1.165, 1.54) is 39.8 Å². The Bertz CT molecular complexity index is 1470. The van der Waals surface area contributed by atoms with Crippen LogP contribution in [0.3, 0.4) is 0 Å². The van der Waals surface area contributed by atoms with E-state index in [1.807, 2.05) is 0 Å². The normalized spacial score (nSPS) is 20.9. The second-order valence-corrected chi connectivity index (χ2v) is 9.76. The Morgan fingerprint density at radius 3 is 2.58 bits per heavy atom. The van der Waals surface area contributed by atoms with Crippen LogP contribution in [0.4, 0.5) is 17.6 Å². The van der Waals surface area contributed by atoms with Crippen LogP contribution in [-0.2, 0) is 5.41 Å². The molecule has 36 heavy (non-hydrogen) atoms. The predicted octanol–water partition coefficient (Wildman–Crippen LogP) is 3.78. The Kier molecular flexibility index (Phi) is 5.29. The molecule has 2 unspecified atom stereocenters. The predicted molar refractivity (Wildman–Crippen MR) is 123 cm³/mol. The highest BCUT2D eigenvalue weighted by Gasteiger charge is 2.47. The molecule has 7 nitrogen and oxygen atoms in total. The van der Waals surface area contributed by atoms with Crippen molar-refractivity contribution < 1.29 is 27.8 Å². The third kappa shape index (κ3) is 3.82. The molecule has 2 N–H and O–H groups in total. The van der Waals surface area contributed by atoms with E-state index in [-0.39, 0.29) is 37.5 Å². The Morgan fingerprint density at radius 2 is 1.92 bits per heavy atom. The summed E-state index contributed by atoms with van der Waals surface area (Å²) in [5.74, 6) is -0.171. The molecule has 2 atom stereocenters. The Balaban J connectivity index is 1.47. The van der Waals surface area contributed by atoms with Crippen molar-refractivity contribution in [3.05, 3.63) is 59.5 Å². The van der Waals surface area contributed by atoms with E-state index in [4.69, 9.17) is 4.98 Å². The molecule has 0 bridgehead atoms. The third-order valence-corrected chi connectivity index (χ3v) is 7.32. The number of rotatable bonds is 5. The standard InChI is InChI=1S/C25H23F4N5O2/c26-16-9-14-1-3-19(30-21(14)18(10-16)24(13-35)6-7-24)23-32-31-20-4-2-15(11-34(20)23)22(25(27,28)29)33-8-5-17(36)12-33/h1-4,9-11,17,22,35-36H,5-8,12-13H2. The molecule has 2 fully saturated rings. The molecule has 6 rings (SSSR count). The topological polar surface area (TPSA) is 86.8 Å². The summed E-state index contributed by atoms with van der Waals surface area (Å²) in [5, 5.41) is 28.6. The van der Waals surface area contributed by atoms with E-state index in [9.17, 15) is 27.8 Å². The molecule has 0 spiro atoms. The number of fused-ring (bicyclic) bond motifs is 2. The van der Waals surface area contributed by atoms with Crippen LogP contribution in [0.25, 0.3) is 28.1 Å². The quantitative estimate of drug-likeness (QED) is 0.405. The smallest absolute Gasteiger partial charge is 0.395 e. The summed E-state index contributed by atoms with van der Waals surface area (Å²) in [6, 6.07) is 7.04. The van der Waals surface area contributed by atoms with E-state index >= 15 is 0 Å². The number of β-amino-alcohol motifs (C(OH)–C–C–N with tert-alkyl or cyclic N) is 1. The fraction of sp³-hybridized carbons (Fsp3) is 0.400. The van der Waals surface area contributed by atoms with Gasteiger partial charge in [-0.05, 0) is 54.7 Å². The van der Waals surface area contributed by atoms with Crippen molar-refractivity contribution in [2.75, 3.05) is 19.7 Å². The van der Waals surface area contributed by atoms with Crippen LogP contribution in [0, 0.1) is 5.82 Å². The molecule has 1 aliphatic heterocycles. The van der Waals surface area contributed by atoms with Crippen molar-refractivity contribution in [2.45, 2.75) is 43.0 Å². The number of aliphatic hydroxyl groups excluding tert-OH is 2. The summed E-state index contributed by atoms with van der Waals surface area (Å²) < 4.78 is 58.1. The summed E-state index contributed by atoms with van der Waals surface area (Å²) in [4.78, 5) is 5.94. The van der Waals surface area contributed by atoms with Crippen molar-refractivity contribution in [1.29, 1.82) is 0 Å². The molecule has 0 amide bonds. The highest BCUT2D eigenvalue weighted by molar-refractivity contribution is 5.85. The van der Waals surface area contributed by atoms with Gasteiger partial charge in [0.05, 0.1) is 18.2 Å². The number of aromatic nitrogens is 4. The molecule has 4 aromatic rings. The number of hydrogen-bond acceptors (Lipinski definition) is 6. The second kappa shape index (κ2) is 8.19. The van der Waals surface area contributed by atoms with Gasteiger partial charge in [-0.3, -0.25) is 9.30 Å². The van der Waals surface area contributed by atoms with Crippen LogP contribution < -0.4 is 0 Å². The molecule has 1 saturated carbocycles. The van der Waals surface area contributed by atoms with Gasteiger partial charge in [0, 0.05) is 30.1 Å². The van der Waals surface area contributed by atoms with Gasteiger partial charge in [-0.15, -0.1) is 10.2 Å². The fourth-order valence-electron chi connectivity index (χ4n) is 5.24. The SMILES string of the molecule is OCC1(c2cc(F)cc3ccc(-c4nnc5ccc(C(N6CCC(O)C6)C(F)(F)F)cn45)nc23)CC1. The molecule has 1 saturated heterocycles. The molecular formula is C25H23F4N5O2. The number of nitrogens with zero attached hydrogens (tertiary/aromatic N) is 5. The molecule has 1 aliphatic carbocycles. The summed E-state index contributed by atoms with van der Waals surface area (Å²) in [6.45, 7) is -0.0509. The molecule has 188 valence electrons. The lowest BCUT2D eigenvalue weighted by atomic mass is 9.94. The molecule has 11 heteroatoms. The summed E-state index contributed by atoms with van der Waals surface area (Å²) >= 11 is 0. The number of aliphatic hydroxyl groups is 2. The zero-order chi connectivity index (χ0) is 25.2. The van der Waals surface area contributed by atoms with Crippen LogP contribution in [0.2, 0.25) is 0 Å². The van der Waals surface area contributed by atoms with Crippen molar-refractivity contribution in [3.63, 3.8) is 0 Å². The molecule has 3 aromatic heterocycles. The largest absolute Gasteiger partial charge is 0.408 e. The van der Waals surface area contributed by atoms with Crippen molar-refractivity contribution >= 4 is 16.6 Å². The highest BCUT2D eigenvalue weighted by Crippen LogP contribution is 2.50. The lowest BCUT2D eigenvalue weighted by Gasteiger charge is -2.29. The molecule has 2 aliphatic rings. The van der Waals surface area contributed by atoms with Gasteiger partial charge in [0.2, 0.25) is 0 Å². The monoisotopic (exact) mass is 501 g/mol. The molecule has 0 radical (unpaired) electrons. The number of alkyl halides is 3. The van der Waals surface area contributed by atoms with Gasteiger partial charge in [0.25, 0.3) is 0 Å². The molecule has 4 heterocycles. The maximum atomic E-state index is 14.3. The molecular weight excluding hydrogens is 478 g/mol. The van der Waals surface area contributed by atoms with Crippen LogP contribution in [0.5, 0.6) is 0 Å². The zero-order valence-electron chi connectivity index (χ0n) is 19.1. The average Bonchev–Trinajstić information content (AvgIpc) is 3.35. The number of likely N-dealkylation sites (tertiary alicyclic amines) is 1. The summed E-state index contributed by atoms with van der Waals surface area (Å²) in [6.07, 6.45) is -2.26. The van der Waals surface area contributed by atoms with Gasteiger partial charge in [-0.25, -0.2) is 9.37 Å². The van der Waals surface area contributed by atoms with Gasteiger partial charge in [-0.2, -0.15) is 13.2 Å². The van der Waals surface area contributed by atoms with Gasteiger partial charge in [0.15, 0.2) is 11.5 Å². The van der Waals surface area contributed by atoms with Crippen LogP contribution in [0.1, 0.15) is 36.4 Å². The third-order valence-electron chi connectivity index (χ3n) is 7.32. The van der Waals surface area contributed by atoms with Crippen LogP contribution in [-0.4, -0.2) is 66.7 Å². The van der Waals surface area contributed by atoms with E-state index in [0.29, 0.717) is 27.8 Å². The van der Waals surface area contributed by atoms with Gasteiger partial charge < -0.3 is 10.2 Å². The minimum absolute atomic E-state index is 0.00548. The average molecular weight is 501 g/mol. The Labute approximate surface area is 203 Å². The lowest BCUT2D eigenvalue weighted by Crippen LogP contribution is -2.37. The van der Waals surface area contributed by atoms with Crippen molar-refractivity contribution in [3.8, 4) is 11.5 Å². The van der Waals surface area contributed by atoms with Crippen molar-refractivity contribution in [1.82, 2.24) is 24.5 Å². The minimum Gasteiger partial charge on any atom is -0.395 e. The van der Waals surface area contributed by atoms with E-state index in [1.54, 1.807) is 12.1 Å². The summed E-state index contributed by atoms with van der Waals surface area (Å²) in [7, 11) is 0. The first-order valence-corrected chi connectivity index (χ1v) is 11.7. The second-order valence-electron chi connectivity index (χ2n) is 9.76. The minimum atomic E-state index is -4.55. The van der Waals surface area contributed by atoms with E-state index in [0.717, 1.165) is 12.8 Å². The Morgan fingerprint density at radius 1 is 1.11 bits per heavy atom. The lowest BCUT2D eigenvalue weighted by molar-refractivity contribution is -0.184. The zero-order valence-corrected chi connectivity index (χ0v) is 19.1. The fourth-order valence-corrected chi connectivity index (χ4v) is 5.24. The number of hydrogen-bond donors (Lipinski definition) is 2. The van der Waals surface area contributed by atoms with E-state index in [2.05, 4.69) is 10.2 Å². The molecule has 1 aromatic carbocycles. The number of pyridine rings is 2. The first-order valence-electron chi connectivity index (χ1n) is 11.7. The van der Waals surface area contributed by atoms with E-state index < -0.39 is 29.6 Å². The Hall–Kier alpha value is -3.15. The van der Waals surface area contributed by atoms with Crippen LogP contribution >= 0.6 is 0 Å². The summed E-state index contributed by atoms with van der Waals surface area (Å²) in [5.41, 5.74) is 1.33. The van der Waals surface area contributed by atoms with Gasteiger partial charge in [-0.1, -0.05) is 12.1 Å².